The minimum atomic E-state index is 0.682. The Morgan fingerprint density at radius 2 is 1.35 bits per heavy atom. The highest BCUT2D eigenvalue weighted by molar-refractivity contribution is 6.02. The van der Waals surface area contributed by atoms with Crippen LogP contribution in [0, 0.1) is 0 Å². The van der Waals surface area contributed by atoms with Crippen molar-refractivity contribution in [3.63, 3.8) is 0 Å². The SMILES string of the molecule is NNCc1c2ccccc2cc2ccccc12. The molecule has 17 heavy (non-hydrogen) atoms. The molecule has 0 aliphatic heterocycles. The van der Waals surface area contributed by atoms with Gasteiger partial charge in [0.05, 0.1) is 0 Å². The van der Waals surface area contributed by atoms with Crippen molar-refractivity contribution in [2.24, 2.45) is 5.84 Å². The molecular formula is C15H14N2. The van der Waals surface area contributed by atoms with Crippen LogP contribution in [0.4, 0.5) is 0 Å². The molecule has 0 bridgehead atoms. The van der Waals surface area contributed by atoms with Crippen molar-refractivity contribution in [3.8, 4) is 0 Å². The van der Waals surface area contributed by atoms with Crippen LogP contribution in [0.25, 0.3) is 21.5 Å². The van der Waals surface area contributed by atoms with E-state index in [0.29, 0.717) is 6.54 Å². The lowest BCUT2D eigenvalue weighted by atomic mass is 9.97. The zero-order valence-electron chi connectivity index (χ0n) is 9.48. The van der Waals surface area contributed by atoms with E-state index in [1.54, 1.807) is 0 Å². The van der Waals surface area contributed by atoms with Crippen molar-refractivity contribution in [3.05, 3.63) is 60.2 Å². The van der Waals surface area contributed by atoms with Crippen LogP contribution in [0.3, 0.4) is 0 Å². The molecule has 2 heteroatoms. The van der Waals surface area contributed by atoms with Crippen molar-refractivity contribution >= 4 is 21.5 Å². The Bertz CT molecular complexity index is 620. The van der Waals surface area contributed by atoms with E-state index in [9.17, 15) is 0 Å². The Hall–Kier alpha value is -1.90. The lowest BCUT2D eigenvalue weighted by molar-refractivity contribution is 0.749. The molecule has 0 spiro atoms. The first kappa shape index (κ1) is 10.3. The normalized spacial score (nSPS) is 11.1. The first-order valence-electron chi connectivity index (χ1n) is 5.73. The van der Waals surface area contributed by atoms with Gasteiger partial charge in [-0.3, -0.25) is 11.3 Å². The summed E-state index contributed by atoms with van der Waals surface area (Å²) in [6, 6.07) is 19.1. The first-order chi connectivity index (χ1) is 8.40. The van der Waals surface area contributed by atoms with Gasteiger partial charge in [-0.05, 0) is 33.2 Å². The van der Waals surface area contributed by atoms with E-state index in [2.05, 4.69) is 60.0 Å². The number of fused-ring (bicyclic) bond motifs is 2. The number of hydrazine groups is 1. The second kappa shape index (κ2) is 4.17. The summed E-state index contributed by atoms with van der Waals surface area (Å²) in [5.74, 6) is 5.49. The Morgan fingerprint density at radius 1 is 0.824 bits per heavy atom. The number of nitrogens with one attached hydrogen (secondary N) is 1. The fourth-order valence-electron chi connectivity index (χ4n) is 2.40. The molecule has 3 N–H and O–H groups in total. The van der Waals surface area contributed by atoms with E-state index in [1.165, 1.54) is 27.1 Å². The predicted octanol–water partition coefficient (Wildman–Crippen LogP) is 2.96. The van der Waals surface area contributed by atoms with Gasteiger partial charge in [0.25, 0.3) is 0 Å². The highest BCUT2D eigenvalue weighted by atomic mass is 15.2. The van der Waals surface area contributed by atoms with Crippen molar-refractivity contribution in [1.29, 1.82) is 0 Å². The van der Waals surface area contributed by atoms with Crippen LogP contribution in [0.1, 0.15) is 5.56 Å². The van der Waals surface area contributed by atoms with Gasteiger partial charge in [0, 0.05) is 6.54 Å². The molecule has 84 valence electrons. The average Bonchev–Trinajstić information content (AvgIpc) is 2.39. The topological polar surface area (TPSA) is 38.0 Å². The Labute approximate surface area is 100 Å². The fourth-order valence-corrected chi connectivity index (χ4v) is 2.40. The molecule has 0 amide bonds. The number of nitrogens with two attached hydrogens (primary N) is 1. The van der Waals surface area contributed by atoms with E-state index in [0.717, 1.165) is 0 Å². The predicted molar refractivity (Wildman–Crippen MR) is 72.5 cm³/mol. The summed E-state index contributed by atoms with van der Waals surface area (Å²) in [6.45, 7) is 0.682. The van der Waals surface area contributed by atoms with Gasteiger partial charge in [-0.2, -0.15) is 0 Å². The third-order valence-corrected chi connectivity index (χ3v) is 3.16. The lowest BCUT2D eigenvalue weighted by Crippen LogP contribution is -2.21. The Balaban J connectivity index is 2.47. The van der Waals surface area contributed by atoms with Gasteiger partial charge in [-0.15, -0.1) is 0 Å². The molecule has 0 aliphatic rings. The quantitative estimate of drug-likeness (QED) is 0.397. The maximum Gasteiger partial charge on any atom is 0.0361 e. The zero-order valence-corrected chi connectivity index (χ0v) is 9.48. The van der Waals surface area contributed by atoms with Gasteiger partial charge in [-0.25, -0.2) is 0 Å². The van der Waals surface area contributed by atoms with Crippen LogP contribution in [-0.4, -0.2) is 0 Å². The van der Waals surface area contributed by atoms with Crippen LogP contribution in [0.5, 0.6) is 0 Å². The van der Waals surface area contributed by atoms with Crippen molar-refractivity contribution in [1.82, 2.24) is 5.43 Å². The van der Waals surface area contributed by atoms with Gasteiger partial charge < -0.3 is 0 Å². The number of benzene rings is 3. The smallest absolute Gasteiger partial charge is 0.0361 e. The first-order valence-corrected chi connectivity index (χ1v) is 5.73. The van der Waals surface area contributed by atoms with Crippen LogP contribution in [0.2, 0.25) is 0 Å². The van der Waals surface area contributed by atoms with E-state index < -0.39 is 0 Å². The number of rotatable bonds is 2. The maximum absolute atomic E-state index is 5.49. The molecular weight excluding hydrogens is 208 g/mol. The van der Waals surface area contributed by atoms with E-state index in [1.807, 2.05) is 0 Å². The molecule has 3 aromatic carbocycles. The zero-order chi connectivity index (χ0) is 11.7. The van der Waals surface area contributed by atoms with E-state index >= 15 is 0 Å². The molecule has 3 rings (SSSR count). The third-order valence-electron chi connectivity index (χ3n) is 3.16. The summed E-state index contributed by atoms with van der Waals surface area (Å²) in [6.07, 6.45) is 0. The highest BCUT2D eigenvalue weighted by Crippen LogP contribution is 2.28. The van der Waals surface area contributed by atoms with Crippen LogP contribution in [-0.2, 0) is 6.54 Å². The Kier molecular flexibility index (Phi) is 2.52. The molecule has 0 atom stereocenters. The highest BCUT2D eigenvalue weighted by Gasteiger charge is 2.05. The van der Waals surface area contributed by atoms with Crippen LogP contribution < -0.4 is 11.3 Å². The van der Waals surface area contributed by atoms with Gasteiger partial charge in [-0.1, -0.05) is 48.5 Å². The molecule has 0 unspecified atom stereocenters. The minimum Gasteiger partial charge on any atom is -0.271 e. The second-order valence-corrected chi connectivity index (χ2v) is 4.18. The van der Waals surface area contributed by atoms with Gasteiger partial charge in [0.1, 0.15) is 0 Å². The molecule has 2 nitrogen and oxygen atoms in total. The molecule has 0 aliphatic carbocycles. The monoisotopic (exact) mass is 222 g/mol. The maximum atomic E-state index is 5.49. The number of hydrogen-bond donors (Lipinski definition) is 2. The fraction of sp³-hybridized carbons (Fsp3) is 0.0667. The average molecular weight is 222 g/mol. The van der Waals surface area contributed by atoms with Gasteiger partial charge >= 0.3 is 0 Å². The van der Waals surface area contributed by atoms with Crippen LogP contribution >= 0.6 is 0 Å². The summed E-state index contributed by atoms with van der Waals surface area (Å²) in [5.41, 5.74) is 4.03. The molecule has 0 saturated heterocycles. The largest absolute Gasteiger partial charge is 0.271 e. The van der Waals surface area contributed by atoms with Crippen molar-refractivity contribution in [2.45, 2.75) is 6.54 Å². The van der Waals surface area contributed by atoms with Gasteiger partial charge in [0.15, 0.2) is 0 Å². The van der Waals surface area contributed by atoms with E-state index in [-0.39, 0.29) is 0 Å². The third kappa shape index (κ3) is 1.68. The molecule has 0 aromatic heterocycles. The summed E-state index contributed by atoms with van der Waals surface area (Å²) in [7, 11) is 0. The molecule has 0 saturated carbocycles. The standard InChI is InChI=1S/C15H14N2/c16-17-10-15-13-7-3-1-5-11(13)9-12-6-2-4-8-14(12)15/h1-9,17H,10,16H2. The summed E-state index contributed by atoms with van der Waals surface area (Å²) >= 11 is 0. The molecule has 0 heterocycles. The second-order valence-electron chi connectivity index (χ2n) is 4.18. The van der Waals surface area contributed by atoms with E-state index in [4.69, 9.17) is 5.84 Å². The summed E-state index contributed by atoms with van der Waals surface area (Å²) in [5, 5.41) is 5.06. The lowest BCUT2D eigenvalue weighted by Gasteiger charge is -2.10. The van der Waals surface area contributed by atoms with Gasteiger partial charge in [0.2, 0.25) is 0 Å². The Morgan fingerprint density at radius 3 is 1.88 bits per heavy atom. The van der Waals surface area contributed by atoms with Crippen molar-refractivity contribution in [2.75, 3.05) is 0 Å². The molecule has 0 radical (unpaired) electrons. The number of hydrogen-bond acceptors (Lipinski definition) is 2. The van der Waals surface area contributed by atoms with Crippen molar-refractivity contribution < 1.29 is 0 Å². The van der Waals surface area contributed by atoms with Crippen LogP contribution in [0.15, 0.2) is 54.6 Å². The summed E-state index contributed by atoms with van der Waals surface area (Å²) in [4.78, 5) is 0. The molecule has 3 aromatic rings. The minimum absolute atomic E-state index is 0.682. The molecule has 0 fully saturated rings. The summed E-state index contributed by atoms with van der Waals surface area (Å²) < 4.78 is 0.